The first-order chi connectivity index (χ1) is 11.3. The van der Waals surface area contributed by atoms with Crippen molar-refractivity contribution in [1.29, 1.82) is 0 Å². The van der Waals surface area contributed by atoms with Gasteiger partial charge in [-0.1, -0.05) is 30.3 Å². The van der Waals surface area contributed by atoms with Crippen molar-refractivity contribution in [2.75, 3.05) is 19.7 Å². The van der Waals surface area contributed by atoms with Gasteiger partial charge < -0.3 is 14.8 Å². The molecule has 1 aliphatic heterocycles. The van der Waals surface area contributed by atoms with Gasteiger partial charge in [-0.3, -0.25) is 0 Å². The van der Waals surface area contributed by atoms with Crippen LogP contribution in [-0.2, 0) is 11.3 Å². The van der Waals surface area contributed by atoms with Crippen molar-refractivity contribution in [3.63, 3.8) is 0 Å². The Labute approximate surface area is 136 Å². The molecule has 0 radical (unpaired) electrons. The SMILES string of the molecule is O=C(OCc1ccccc1)c1ccc(OC[C@H]2CCNC2)cc1. The van der Waals surface area contributed by atoms with Gasteiger partial charge in [-0.15, -0.1) is 0 Å². The van der Waals surface area contributed by atoms with Crippen LogP contribution in [-0.4, -0.2) is 25.7 Å². The second kappa shape index (κ2) is 7.79. The Morgan fingerprint density at radius 2 is 1.87 bits per heavy atom. The lowest BCUT2D eigenvalue weighted by Crippen LogP contribution is -2.15. The molecule has 1 heterocycles. The lowest BCUT2D eigenvalue weighted by atomic mass is 10.1. The van der Waals surface area contributed by atoms with E-state index >= 15 is 0 Å². The summed E-state index contributed by atoms with van der Waals surface area (Å²) in [6.45, 7) is 3.08. The summed E-state index contributed by atoms with van der Waals surface area (Å²) in [5.41, 5.74) is 1.52. The van der Waals surface area contributed by atoms with Gasteiger partial charge in [0.1, 0.15) is 12.4 Å². The fourth-order valence-corrected chi connectivity index (χ4v) is 2.56. The summed E-state index contributed by atoms with van der Waals surface area (Å²) in [7, 11) is 0. The van der Waals surface area contributed by atoms with Gasteiger partial charge in [-0.05, 0) is 42.8 Å². The number of rotatable bonds is 6. The van der Waals surface area contributed by atoms with Crippen LogP contribution >= 0.6 is 0 Å². The number of carbonyl (C=O) groups excluding carboxylic acids is 1. The molecular formula is C19H21NO3. The van der Waals surface area contributed by atoms with Gasteiger partial charge in [0.05, 0.1) is 12.2 Å². The van der Waals surface area contributed by atoms with Gasteiger partial charge in [0, 0.05) is 12.5 Å². The first-order valence-corrected chi connectivity index (χ1v) is 7.96. The summed E-state index contributed by atoms with van der Waals surface area (Å²) in [4.78, 5) is 12.0. The van der Waals surface area contributed by atoms with Crippen molar-refractivity contribution >= 4 is 5.97 Å². The zero-order valence-electron chi connectivity index (χ0n) is 13.0. The van der Waals surface area contributed by atoms with Gasteiger partial charge in [0.15, 0.2) is 0 Å². The van der Waals surface area contributed by atoms with E-state index in [0.29, 0.717) is 18.1 Å². The Balaban J connectivity index is 1.48. The normalized spacial score (nSPS) is 17.0. The third-order valence-electron chi connectivity index (χ3n) is 3.95. The van der Waals surface area contributed by atoms with Crippen LogP contribution in [0.3, 0.4) is 0 Å². The van der Waals surface area contributed by atoms with Crippen LogP contribution < -0.4 is 10.1 Å². The lowest BCUT2D eigenvalue weighted by molar-refractivity contribution is 0.0472. The van der Waals surface area contributed by atoms with Gasteiger partial charge in [-0.25, -0.2) is 4.79 Å². The molecule has 3 rings (SSSR count). The minimum Gasteiger partial charge on any atom is -0.493 e. The maximum absolute atomic E-state index is 12.0. The minimum atomic E-state index is -0.319. The lowest BCUT2D eigenvalue weighted by Gasteiger charge is -2.11. The summed E-state index contributed by atoms with van der Waals surface area (Å²) in [6.07, 6.45) is 1.16. The number of nitrogens with one attached hydrogen (secondary N) is 1. The fraction of sp³-hybridized carbons (Fsp3) is 0.316. The number of esters is 1. The molecule has 2 aromatic rings. The average Bonchev–Trinajstić information content (AvgIpc) is 3.13. The van der Waals surface area contributed by atoms with Gasteiger partial charge >= 0.3 is 5.97 Å². The Hall–Kier alpha value is -2.33. The topological polar surface area (TPSA) is 47.6 Å². The molecular weight excluding hydrogens is 290 g/mol. The van der Waals surface area contributed by atoms with Crippen LogP contribution in [0.2, 0.25) is 0 Å². The molecule has 1 saturated heterocycles. The first-order valence-electron chi connectivity index (χ1n) is 7.96. The van der Waals surface area contributed by atoms with E-state index in [-0.39, 0.29) is 12.6 Å². The van der Waals surface area contributed by atoms with Crippen LogP contribution in [0.4, 0.5) is 0 Å². The van der Waals surface area contributed by atoms with Crippen LogP contribution in [0.25, 0.3) is 0 Å². The van der Waals surface area contributed by atoms with E-state index in [2.05, 4.69) is 5.32 Å². The highest BCUT2D eigenvalue weighted by molar-refractivity contribution is 5.89. The Morgan fingerprint density at radius 3 is 2.57 bits per heavy atom. The molecule has 1 N–H and O–H groups in total. The predicted octanol–water partition coefficient (Wildman–Crippen LogP) is 3.03. The molecule has 0 bridgehead atoms. The van der Waals surface area contributed by atoms with E-state index in [1.807, 2.05) is 42.5 Å². The van der Waals surface area contributed by atoms with Crippen molar-refractivity contribution in [3.8, 4) is 5.75 Å². The van der Waals surface area contributed by atoms with Crippen molar-refractivity contribution < 1.29 is 14.3 Å². The van der Waals surface area contributed by atoms with Crippen molar-refractivity contribution in [3.05, 3.63) is 65.7 Å². The highest BCUT2D eigenvalue weighted by atomic mass is 16.5. The monoisotopic (exact) mass is 311 g/mol. The molecule has 0 aliphatic carbocycles. The smallest absolute Gasteiger partial charge is 0.338 e. The molecule has 0 unspecified atom stereocenters. The summed E-state index contributed by atoms with van der Waals surface area (Å²) in [6, 6.07) is 16.8. The van der Waals surface area contributed by atoms with Crippen molar-refractivity contribution in [2.24, 2.45) is 5.92 Å². The number of hydrogen-bond acceptors (Lipinski definition) is 4. The molecule has 0 spiro atoms. The highest BCUT2D eigenvalue weighted by Gasteiger charge is 2.15. The van der Waals surface area contributed by atoms with Gasteiger partial charge in [-0.2, -0.15) is 0 Å². The molecule has 2 aromatic carbocycles. The third-order valence-corrected chi connectivity index (χ3v) is 3.95. The summed E-state index contributed by atoms with van der Waals surface area (Å²) < 4.78 is 11.1. The molecule has 23 heavy (non-hydrogen) atoms. The molecule has 1 aliphatic rings. The van der Waals surface area contributed by atoms with Crippen LogP contribution in [0, 0.1) is 5.92 Å². The Morgan fingerprint density at radius 1 is 1.09 bits per heavy atom. The molecule has 0 aromatic heterocycles. The first kappa shape index (κ1) is 15.6. The number of benzene rings is 2. The molecule has 0 amide bonds. The summed E-state index contributed by atoms with van der Waals surface area (Å²) >= 11 is 0. The van der Waals surface area contributed by atoms with E-state index in [4.69, 9.17) is 9.47 Å². The number of ether oxygens (including phenoxy) is 2. The van der Waals surface area contributed by atoms with E-state index < -0.39 is 0 Å². The molecule has 4 heteroatoms. The number of hydrogen-bond donors (Lipinski definition) is 1. The van der Waals surface area contributed by atoms with Crippen molar-refractivity contribution in [2.45, 2.75) is 13.0 Å². The Bertz CT molecular complexity index is 619. The van der Waals surface area contributed by atoms with Crippen LogP contribution in [0.5, 0.6) is 5.75 Å². The van der Waals surface area contributed by atoms with E-state index in [9.17, 15) is 4.79 Å². The molecule has 0 saturated carbocycles. The quantitative estimate of drug-likeness (QED) is 0.833. The fourth-order valence-electron chi connectivity index (χ4n) is 2.56. The molecule has 1 atom stereocenters. The molecule has 120 valence electrons. The maximum Gasteiger partial charge on any atom is 0.338 e. The maximum atomic E-state index is 12.0. The highest BCUT2D eigenvalue weighted by Crippen LogP contribution is 2.16. The number of carbonyl (C=O) groups is 1. The van der Waals surface area contributed by atoms with E-state index in [1.54, 1.807) is 12.1 Å². The third kappa shape index (κ3) is 4.57. The Kier molecular flexibility index (Phi) is 5.27. The molecule has 4 nitrogen and oxygen atoms in total. The summed E-state index contributed by atoms with van der Waals surface area (Å²) in [5, 5.41) is 3.32. The van der Waals surface area contributed by atoms with E-state index in [0.717, 1.165) is 30.8 Å². The zero-order chi connectivity index (χ0) is 15.9. The zero-order valence-corrected chi connectivity index (χ0v) is 13.0. The van der Waals surface area contributed by atoms with Gasteiger partial charge in [0.2, 0.25) is 0 Å². The second-order valence-corrected chi connectivity index (χ2v) is 5.76. The standard InChI is InChI=1S/C19H21NO3/c21-19(23-13-15-4-2-1-3-5-15)17-6-8-18(9-7-17)22-14-16-10-11-20-12-16/h1-9,16,20H,10-14H2/t16-/m0/s1. The molecule has 1 fully saturated rings. The van der Waals surface area contributed by atoms with Crippen molar-refractivity contribution in [1.82, 2.24) is 5.32 Å². The second-order valence-electron chi connectivity index (χ2n) is 5.76. The van der Waals surface area contributed by atoms with Gasteiger partial charge in [0.25, 0.3) is 0 Å². The van der Waals surface area contributed by atoms with Crippen LogP contribution in [0.15, 0.2) is 54.6 Å². The van der Waals surface area contributed by atoms with E-state index in [1.165, 1.54) is 0 Å². The summed E-state index contributed by atoms with van der Waals surface area (Å²) in [5.74, 6) is 1.04. The largest absolute Gasteiger partial charge is 0.493 e. The average molecular weight is 311 g/mol. The predicted molar refractivity (Wildman–Crippen MR) is 88.5 cm³/mol. The minimum absolute atomic E-state index is 0.284. The van der Waals surface area contributed by atoms with Crippen LogP contribution in [0.1, 0.15) is 22.3 Å².